The van der Waals surface area contributed by atoms with Crippen LogP contribution in [0.5, 0.6) is 0 Å². The van der Waals surface area contributed by atoms with Gasteiger partial charge in [0.2, 0.25) is 0 Å². The Kier molecular flexibility index (Phi) is 36.7. The fourth-order valence-corrected chi connectivity index (χ4v) is 10.4. The van der Waals surface area contributed by atoms with Crippen LogP contribution >= 0.6 is 0 Å². The molecule has 6 atom stereocenters. The van der Waals surface area contributed by atoms with E-state index in [9.17, 15) is 117 Å². The summed E-state index contributed by atoms with van der Waals surface area (Å²) in [5.74, 6) is -6.65. The summed E-state index contributed by atoms with van der Waals surface area (Å²) in [7, 11) is 0. The second kappa shape index (κ2) is 46.1. The van der Waals surface area contributed by atoms with Crippen LogP contribution in [0.2, 0.25) is 0 Å². The van der Waals surface area contributed by atoms with Crippen molar-refractivity contribution >= 4 is 35.8 Å². The molecule has 0 amide bonds. The van der Waals surface area contributed by atoms with Gasteiger partial charge in [-0.25, -0.2) is 98.6 Å². The van der Waals surface area contributed by atoms with Crippen LogP contribution in [-0.2, 0) is 150 Å². The summed E-state index contributed by atoms with van der Waals surface area (Å²) >= 11 is 0. The number of aliphatic hydroxyl groups is 6. The second-order valence-corrected chi connectivity index (χ2v) is 25.2. The summed E-state index contributed by atoms with van der Waals surface area (Å²) in [6.07, 6.45) is -14.3. The number of hydrogen-bond acceptors (Lipinski definition) is 33. The number of rotatable bonds is 48. The van der Waals surface area contributed by atoms with Crippen LogP contribution in [0, 0.1) is 0 Å². The SMILES string of the molecule is C.O=C(CCn1c(=O)[nH]c(=O)n(CCC(=O)OCC(O)Cn2c(=O)n(CC(O)COC(=O)CCn3c(=O)[nH]c(=O)n(CCC(=O)OCC(O)COCc4ccccc4)c3=O)c(=O)n(CC(O)COC(=O)CCn3c(=O)[nH]c(=O)n(CCC(=O)OCC(O)COCc4ccccc4)c3=O)c2=O)c1=O)OCC(O)COCc1ccccc1. The largest absolute Gasteiger partial charge is 0.463 e. The van der Waals surface area contributed by atoms with E-state index in [0.29, 0.717) is 27.4 Å². The first-order valence-electron chi connectivity index (χ1n) is 35.1. The summed E-state index contributed by atoms with van der Waals surface area (Å²) in [6, 6.07) is 26.8. The van der Waals surface area contributed by atoms with E-state index in [2.05, 4.69) is 0 Å². The van der Waals surface area contributed by atoms with Crippen LogP contribution < -0.4 is 68.3 Å². The maximum Gasteiger partial charge on any atom is 0.336 e. The molecule has 0 aliphatic heterocycles. The summed E-state index contributed by atoms with van der Waals surface area (Å²) in [5, 5.41) is 63.8. The van der Waals surface area contributed by atoms with Crippen molar-refractivity contribution in [2.45, 2.75) is 161 Å². The van der Waals surface area contributed by atoms with E-state index in [0.717, 1.165) is 16.7 Å². The monoisotopic (exact) mass is 1620 g/mol. The quantitative estimate of drug-likeness (QED) is 0.0126. The number of carbonyl (C=O) groups is 6. The van der Waals surface area contributed by atoms with Crippen molar-refractivity contribution in [3.05, 3.63) is 233 Å². The van der Waals surface area contributed by atoms with Gasteiger partial charge in [-0.3, -0.25) is 43.7 Å². The molecular weight excluding hydrogens is 1540 g/mol. The molecule has 115 heavy (non-hydrogen) atoms. The smallest absolute Gasteiger partial charge is 0.336 e. The number of aromatic amines is 3. The Morgan fingerprint density at radius 3 is 0.626 bits per heavy atom. The third-order valence-corrected chi connectivity index (χ3v) is 16.2. The number of nitrogens with zero attached hydrogens (tertiary/aromatic N) is 9. The van der Waals surface area contributed by atoms with Crippen LogP contribution in [-0.4, -0.2) is 219 Å². The highest BCUT2D eigenvalue weighted by Crippen LogP contribution is 2.07. The number of H-pyrrole nitrogens is 3. The molecule has 0 aliphatic rings. The van der Waals surface area contributed by atoms with Gasteiger partial charge < -0.3 is 73.3 Å². The molecule has 3 aromatic carbocycles. The molecule has 626 valence electrons. The number of hydrogen-bond donors (Lipinski definition) is 9. The van der Waals surface area contributed by atoms with E-state index in [4.69, 9.17) is 42.6 Å². The first kappa shape index (κ1) is 91.6. The number of ether oxygens (including phenoxy) is 9. The van der Waals surface area contributed by atoms with Crippen molar-refractivity contribution in [3.8, 4) is 0 Å². The Labute approximate surface area is 646 Å². The lowest BCUT2D eigenvalue weighted by molar-refractivity contribution is -0.149. The highest BCUT2D eigenvalue weighted by molar-refractivity contribution is 5.71. The minimum Gasteiger partial charge on any atom is -0.463 e. The number of carbonyl (C=O) groups excluding carboxylic acids is 6. The molecule has 4 aromatic heterocycles. The Morgan fingerprint density at radius 1 is 0.261 bits per heavy atom. The summed E-state index contributed by atoms with van der Waals surface area (Å²) in [6.45, 7) is -12.8. The Balaban J connectivity index is 0.0000206. The zero-order valence-corrected chi connectivity index (χ0v) is 60.9. The molecule has 45 heteroatoms. The maximum atomic E-state index is 14.0. The predicted octanol–water partition coefficient (Wildman–Crippen LogP) is -7.64. The maximum absolute atomic E-state index is 14.0. The number of esters is 6. The van der Waals surface area contributed by atoms with Gasteiger partial charge in [-0.05, 0) is 16.7 Å². The lowest BCUT2D eigenvalue weighted by atomic mass is 10.2. The van der Waals surface area contributed by atoms with Crippen LogP contribution in [0.15, 0.2) is 149 Å². The van der Waals surface area contributed by atoms with E-state index in [1.165, 1.54) is 0 Å². The molecular formula is C70H88N12O33. The third kappa shape index (κ3) is 29.3. The number of aliphatic hydroxyl groups excluding tert-OH is 6. The van der Waals surface area contributed by atoms with Crippen LogP contribution in [0.25, 0.3) is 0 Å². The fraction of sp³-hybridized carbons (Fsp3) is 0.486. The average molecular weight is 1630 g/mol. The highest BCUT2D eigenvalue weighted by Gasteiger charge is 2.26. The standard InChI is InChI=1S/C69H84N12O33.CH4/c82-46(37-109-52(88)16-22-73-58(94)70-61(97)76(64(73)100)25-19-55(91)112-40-49(85)34-106-31-43-10-4-1-5-11-43)28-79-67(103)80(29-47(83)38-110-53(89)17-23-74-59(95)71-62(98)77(65(74)101)26-20-56(92)113-41-50(86)35-107-32-44-12-6-2-7-13-44)69(105)81(68(79)104)30-48(84)39-111-54(90)18-24-75-60(96)72-63(99)78(66(75)102)27-21-57(93)114-42-51(87)36-108-33-45-14-8-3-9-15-45;/h1-15,46-51,82-87H,16-42H2,(H,70,94,97)(H,71,95,98)(H,72,96,99);1H4. The Bertz CT molecular complexity index is 4650. The van der Waals surface area contributed by atoms with Crippen molar-refractivity contribution in [2.75, 3.05) is 59.5 Å². The number of nitrogens with one attached hydrogen (secondary N) is 3. The molecule has 9 N–H and O–H groups in total. The molecule has 0 saturated carbocycles. The zero-order valence-electron chi connectivity index (χ0n) is 60.9. The topological polar surface area (TPSA) is 603 Å². The van der Waals surface area contributed by atoms with E-state index in [1.54, 1.807) is 91.0 Å². The van der Waals surface area contributed by atoms with E-state index in [-0.39, 0.29) is 60.8 Å². The number of aromatic nitrogens is 12. The Hall–Kier alpha value is -12.2. The molecule has 45 nitrogen and oxygen atoms in total. The summed E-state index contributed by atoms with van der Waals surface area (Å²) in [4.78, 5) is 240. The molecule has 7 rings (SSSR count). The molecule has 6 unspecified atom stereocenters. The van der Waals surface area contributed by atoms with E-state index in [1.807, 2.05) is 15.0 Å². The van der Waals surface area contributed by atoms with Crippen molar-refractivity contribution < 1.29 is 102 Å². The predicted molar refractivity (Wildman–Crippen MR) is 390 cm³/mol. The normalized spacial score (nSPS) is 12.8. The van der Waals surface area contributed by atoms with Gasteiger partial charge in [-0.15, -0.1) is 0 Å². The third-order valence-electron chi connectivity index (χ3n) is 16.2. The molecule has 7 aromatic rings. The van der Waals surface area contributed by atoms with Gasteiger partial charge in [0.1, 0.15) is 76.3 Å². The van der Waals surface area contributed by atoms with Gasteiger partial charge in [-0.2, -0.15) is 0 Å². The van der Waals surface area contributed by atoms with Gasteiger partial charge in [0.15, 0.2) is 0 Å². The molecule has 0 aliphatic carbocycles. The van der Waals surface area contributed by atoms with Gasteiger partial charge >= 0.3 is 104 Å². The summed E-state index contributed by atoms with van der Waals surface area (Å²) < 4.78 is 49.3. The lowest BCUT2D eigenvalue weighted by Crippen LogP contribution is -2.57. The Morgan fingerprint density at radius 2 is 0.435 bits per heavy atom. The van der Waals surface area contributed by atoms with Crippen LogP contribution in [0.3, 0.4) is 0 Å². The highest BCUT2D eigenvalue weighted by atomic mass is 16.6. The zero-order chi connectivity index (χ0) is 83.0. The fourth-order valence-electron chi connectivity index (χ4n) is 10.4. The van der Waals surface area contributed by atoms with Crippen molar-refractivity contribution in [2.24, 2.45) is 0 Å². The number of benzene rings is 3. The molecule has 0 fully saturated rings. The minimum atomic E-state index is -2.07. The van der Waals surface area contributed by atoms with Crippen molar-refractivity contribution in [1.82, 2.24) is 56.1 Å². The molecule has 0 spiro atoms. The lowest BCUT2D eigenvalue weighted by Gasteiger charge is -2.19. The molecule has 4 heterocycles. The molecule has 0 saturated heterocycles. The molecule has 0 radical (unpaired) electrons. The van der Waals surface area contributed by atoms with Gasteiger partial charge in [0.25, 0.3) is 0 Å². The average Bonchev–Trinajstić information content (AvgIpc) is 0.779. The molecule has 0 bridgehead atoms. The first-order valence-corrected chi connectivity index (χ1v) is 35.1. The van der Waals surface area contributed by atoms with Crippen molar-refractivity contribution in [3.63, 3.8) is 0 Å². The van der Waals surface area contributed by atoms with Crippen LogP contribution in [0.1, 0.15) is 62.6 Å². The minimum absolute atomic E-state index is 0. The van der Waals surface area contributed by atoms with Gasteiger partial charge in [-0.1, -0.05) is 98.4 Å². The van der Waals surface area contributed by atoms with E-state index >= 15 is 0 Å². The van der Waals surface area contributed by atoms with Crippen molar-refractivity contribution in [1.29, 1.82) is 0 Å². The van der Waals surface area contributed by atoms with Crippen LogP contribution in [0.4, 0.5) is 0 Å². The second-order valence-electron chi connectivity index (χ2n) is 25.2. The van der Waals surface area contributed by atoms with E-state index < -0.39 is 278 Å². The van der Waals surface area contributed by atoms with Gasteiger partial charge in [0, 0.05) is 39.3 Å². The first-order chi connectivity index (χ1) is 54.5. The van der Waals surface area contributed by atoms with Gasteiger partial charge in [0.05, 0.1) is 97.8 Å². The summed E-state index contributed by atoms with van der Waals surface area (Å²) in [5.41, 5.74) is -13.9.